The molecule has 2 N–H and O–H groups in total. The highest BCUT2D eigenvalue weighted by Crippen LogP contribution is 2.13. The Morgan fingerprint density at radius 2 is 0.580 bits per heavy atom. The minimum Gasteiger partial charge on any atom is -0.463 e. The molecule has 50 heavy (non-hydrogen) atoms. The van der Waals surface area contributed by atoms with Gasteiger partial charge >= 0.3 is 5.97 Å². The van der Waals surface area contributed by atoms with E-state index < -0.39 is 0 Å². The molecule has 0 saturated heterocycles. The van der Waals surface area contributed by atoms with E-state index >= 15 is 0 Å². The summed E-state index contributed by atoms with van der Waals surface area (Å²) >= 11 is 0. The van der Waals surface area contributed by atoms with Crippen LogP contribution in [0.1, 0.15) is 110 Å². The van der Waals surface area contributed by atoms with Crippen molar-refractivity contribution >= 4 is 5.97 Å². The summed E-state index contributed by atoms with van der Waals surface area (Å²) in [4.78, 5) is 11.9. The van der Waals surface area contributed by atoms with E-state index in [1.807, 2.05) is 0 Å². The second-order valence-electron chi connectivity index (χ2n) is 12.2. The van der Waals surface area contributed by atoms with Crippen LogP contribution in [-0.2, 0) is 52.2 Å². The first-order valence-corrected chi connectivity index (χ1v) is 19.9. The van der Waals surface area contributed by atoms with Crippen molar-refractivity contribution in [3.8, 4) is 0 Å². The maximum atomic E-state index is 11.9. The molecule has 0 fully saturated rings. The van der Waals surface area contributed by atoms with Crippen LogP contribution in [-0.4, -0.2) is 138 Å². The van der Waals surface area contributed by atoms with Gasteiger partial charge in [-0.3, -0.25) is 4.79 Å². The number of carbonyl (C=O) groups is 1. The fourth-order valence-corrected chi connectivity index (χ4v) is 4.87. The van der Waals surface area contributed by atoms with Gasteiger partial charge in [-0.05, 0) is 6.42 Å². The Bertz CT molecular complexity index is 634. The van der Waals surface area contributed by atoms with E-state index in [0.717, 1.165) is 12.8 Å². The minimum atomic E-state index is -0.129. The molecule has 0 aromatic rings. The third-order valence-electron chi connectivity index (χ3n) is 7.71. The second-order valence-corrected chi connectivity index (χ2v) is 12.2. The smallest absolute Gasteiger partial charge is 0.305 e. The van der Waals surface area contributed by atoms with Crippen LogP contribution in [0.3, 0.4) is 0 Å². The molecule has 0 aliphatic heterocycles. The van der Waals surface area contributed by atoms with Crippen LogP contribution in [0.15, 0.2) is 0 Å². The van der Waals surface area contributed by atoms with E-state index in [4.69, 9.17) is 53.1 Å². The molecule has 0 aromatic carbocycles. The third-order valence-corrected chi connectivity index (χ3v) is 7.71. The molecule has 0 aliphatic carbocycles. The Morgan fingerprint density at radius 1 is 0.340 bits per heavy atom. The molecule has 0 rings (SSSR count). The molecule has 0 radical (unpaired) electrons. The molecular formula is C38H77NO11. The molecule has 0 heterocycles. The lowest BCUT2D eigenvalue weighted by atomic mass is 10.0. The largest absolute Gasteiger partial charge is 0.463 e. The van der Waals surface area contributed by atoms with Crippen molar-refractivity contribution in [1.29, 1.82) is 0 Å². The highest BCUT2D eigenvalue weighted by molar-refractivity contribution is 5.69. The van der Waals surface area contributed by atoms with Crippen molar-refractivity contribution in [3.05, 3.63) is 0 Å². The molecule has 0 amide bonds. The van der Waals surface area contributed by atoms with Crippen molar-refractivity contribution < 1.29 is 52.2 Å². The van der Waals surface area contributed by atoms with E-state index in [1.54, 1.807) is 0 Å². The highest BCUT2D eigenvalue weighted by atomic mass is 16.6. The first-order valence-electron chi connectivity index (χ1n) is 19.9. The van der Waals surface area contributed by atoms with E-state index in [0.29, 0.717) is 138 Å². The quantitative estimate of drug-likeness (QED) is 0.0592. The van der Waals surface area contributed by atoms with Crippen molar-refractivity contribution in [1.82, 2.24) is 0 Å². The lowest BCUT2D eigenvalue weighted by molar-refractivity contribution is -0.145. The van der Waals surface area contributed by atoms with Gasteiger partial charge in [0.15, 0.2) is 0 Å². The SMILES string of the molecule is CCCCCCCCCCCCCCCCCC(=O)OCCOCCOCCOCCOCCOCCOCCOCCOCCOCCN. The van der Waals surface area contributed by atoms with Gasteiger partial charge in [0.1, 0.15) is 6.61 Å². The Labute approximate surface area is 305 Å². The molecule has 0 unspecified atom stereocenters. The van der Waals surface area contributed by atoms with Crippen molar-refractivity contribution in [2.24, 2.45) is 5.73 Å². The molecule has 300 valence electrons. The van der Waals surface area contributed by atoms with Crippen LogP contribution in [0, 0.1) is 0 Å². The Morgan fingerprint density at radius 3 is 0.860 bits per heavy atom. The van der Waals surface area contributed by atoms with E-state index in [-0.39, 0.29) is 5.97 Å². The average Bonchev–Trinajstić information content (AvgIpc) is 3.12. The maximum absolute atomic E-state index is 11.9. The van der Waals surface area contributed by atoms with Crippen molar-refractivity contribution in [2.75, 3.05) is 132 Å². The number of rotatable bonds is 45. The number of unbranched alkanes of at least 4 members (excludes halogenated alkanes) is 14. The molecule has 0 atom stereocenters. The second kappa shape index (κ2) is 46.1. The molecule has 12 heteroatoms. The van der Waals surface area contributed by atoms with E-state index in [9.17, 15) is 4.79 Å². The number of nitrogens with two attached hydrogens (primary N) is 1. The summed E-state index contributed by atoms with van der Waals surface area (Å²) in [7, 11) is 0. The number of ether oxygens (including phenoxy) is 10. The zero-order valence-electron chi connectivity index (χ0n) is 32.0. The monoisotopic (exact) mass is 724 g/mol. The zero-order chi connectivity index (χ0) is 36.1. The standard InChI is InChI=1S/C38H77NO11/c1-2-3-4-5-6-7-8-9-10-11-12-13-14-15-16-17-38(40)50-37-36-49-35-34-48-33-32-47-31-30-46-29-28-45-27-26-44-25-24-43-23-22-42-21-20-41-19-18-39/h2-37,39H2,1H3. The van der Waals surface area contributed by atoms with Gasteiger partial charge in [0.25, 0.3) is 0 Å². The Hall–Kier alpha value is -0.930. The molecule has 0 saturated carbocycles. The normalized spacial score (nSPS) is 11.5. The summed E-state index contributed by atoms with van der Waals surface area (Å²) in [5, 5.41) is 0. The van der Waals surface area contributed by atoms with E-state index in [2.05, 4.69) is 6.92 Å². The lowest BCUT2D eigenvalue weighted by Gasteiger charge is -2.09. The summed E-state index contributed by atoms with van der Waals surface area (Å²) in [5.74, 6) is -0.129. The van der Waals surface area contributed by atoms with E-state index in [1.165, 1.54) is 83.5 Å². The van der Waals surface area contributed by atoms with Crippen LogP contribution < -0.4 is 5.73 Å². The predicted molar refractivity (Wildman–Crippen MR) is 197 cm³/mol. The maximum Gasteiger partial charge on any atom is 0.305 e. The fraction of sp³-hybridized carbons (Fsp3) is 0.974. The van der Waals surface area contributed by atoms with Gasteiger partial charge in [-0.15, -0.1) is 0 Å². The first-order chi connectivity index (χ1) is 24.8. The zero-order valence-corrected chi connectivity index (χ0v) is 32.0. The number of hydrogen-bond acceptors (Lipinski definition) is 12. The minimum absolute atomic E-state index is 0.129. The van der Waals surface area contributed by atoms with Gasteiger partial charge < -0.3 is 53.1 Å². The van der Waals surface area contributed by atoms with Crippen LogP contribution in [0.5, 0.6) is 0 Å². The lowest BCUT2D eigenvalue weighted by Crippen LogP contribution is -2.15. The Balaban J connectivity index is 3.13. The van der Waals surface area contributed by atoms with Crippen molar-refractivity contribution in [3.63, 3.8) is 0 Å². The summed E-state index contributed by atoms with van der Waals surface area (Å²) in [5.41, 5.74) is 5.34. The molecule has 0 aliphatic rings. The van der Waals surface area contributed by atoms with Crippen LogP contribution >= 0.6 is 0 Å². The Kier molecular flexibility index (Phi) is 45.2. The van der Waals surface area contributed by atoms with Crippen molar-refractivity contribution in [2.45, 2.75) is 110 Å². The third kappa shape index (κ3) is 45.1. The summed E-state index contributed by atoms with van der Waals surface area (Å²) in [6.07, 6.45) is 20.2. The van der Waals surface area contributed by atoms with Gasteiger partial charge in [0.2, 0.25) is 0 Å². The number of esters is 1. The molecule has 0 bridgehead atoms. The topological polar surface area (TPSA) is 135 Å². The molecule has 0 spiro atoms. The number of carbonyl (C=O) groups excluding carboxylic acids is 1. The van der Waals surface area contributed by atoms with Crippen LogP contribution in [0.25, 0.3) is 0 Å². The summed E-state index contributed by atoms with van der Waals surface area (Å²) in [6, 6.07) is 0. The average molecular weight is 724 g/mol. The highest BCUT2D eigenvalue weighted by Gasteiger charge is 2.03. The van der Waals surface area contributed by atoms with Crippen LogP contribution in [0.4, 0.5) is 0 Å². The predicted octanol–water partition coefficient (Wildman–Crippen LogP) is 5.90. The van der Waals surface area contributed by atoms with Gasteiger partial charge in [-0.25, -0.2) is 0 Å². The fourth-order valence-electron chi connectivity index (χ4n) is 4.87. The van der Waals surface area contributed by atoms with Gasteiger partial charge in [0, 0.05) is 13.0 Å². The van der Waals surface area contributed by atoms with Crippen LogP contribution in [0.2, 0.25) is 0 Å². The summed E-state index contributed by atoms with van der Waals surface area (Å²) < 4.78 is 54.1. The summed E-state index contributed by atoms with van der Waals surface area (Å²) in [6.45, 7) is 12.2. The molecule has 0 aromatic heterocycles. The first kappa shape index (κ1) is 49.1. The molecule has 12 nitrogen and oxygen atoms in total. The van der Waals surface area contributed by atoms with Gasteiger partial charge in [0.05, 0.1) is 119 Å². The number of hydrogen-bond donors (Lipinski definition) is 1. The molecular weight excluding hydrogens is 646 g/mol. The van der Waals surface area contributed by atoms with Gasteiger partial charge in [-0.2, -0.15) is 0 Å². The van der Waals surface area contributed by atoms with Gasteiger partial charge in [-0.1, -0.05) is 96.8 Å².